The van der Waals surface area contributed by atoms with Crippen molar-refractivity contribution in [2.75, 3.05) is 24.6 Å². The van der Waals surface area contributed by atoms with Gasteiger partial charge in [0.1, 0.15) is 36.1 Å². The SMILES string of the molecule is CCO/N=C(\C(=O)N[C@@H]1C(=O)N2C(C(=O)O)=C(/C=C/SC3=CC=C4N(CC(N)=O)C=CN4N3)CS[C@@H]12)c1nsc(N)n1. The molecule has 3 amide bonds. The van der Waals surface area contributed by atoms with Crippen molar-refractivity contribution in [1.82, 2.24) is 34.9 Å². The number of rotatable bonds is 11. The number of nitrogens with two attached hydrogens (primary N) is 2. The number of oxime groups is 1. The van der Waals surface area contributed by atoms with Crippen molar-refractivity contribution in [3.63, 3.8) is 0 Å². The molecule has 1 aromatic heterocycles. The molecular formula is C23H24N10O6S3. The predicted molar refractivity (Wildman–Crippen MR) is 155 cm³/mol. The number of carboxylic acids is 1. The first-order chi connectivity index (χ1) is 20.2. The van der Waals surface area contributed by atoms with Crippen molar-refractivity contribution >= 4 is 69.6 Å². The van der Waals surface area contributed by atoms with Crippen LogP contribution in [-0.4, -0.2) is 89.0 Å². The van der Waals surface area contributed by atoms with Gasteiger partial charge in [0, 0.05) is 29.7 Å². The third-order valence-corrected chi connectivity index (χ3v) is 8.58. The zero-order valence-corrected chi connectivity index (χ0v) is 24.2. The number of fused-ring (bicyclic) bond motifs is 2. The van der Waals surface area contributed by atoms with E-state index in [1.165, 1.54) is 28.4 Å². The largest absolute Gasteiger partial charge is 0.477 e. The van der Waals surface area contributed by atoms with Gasteiger partial charge in [0.25, 0.3) is 11.8 Å². The topological polar surface area (TPSA) is 222 Å². The summed E-state index contributed by atoms with van der Waals surface area (Å²) in [6, 6.07) is -0.986. The molecule has 7 N–H and O–H groups in total. The number of nitrogen functional groups attached to an aromatic ring is 1. The Morgan fingerprint density at radius 3 is 2.86 bits per heavy atom. The van der Waals surface area contributed by atoms with Gasteiger partial charge in [-0.3, -0.25) is 24.7 Å². The van der Waals surface area contributed by atoms with E-state index in [4.69, 9.17) is 16.3 Å². The number of nitrogens with zero attached hydrogens (tertiary/aromatic N) is 6. The lowest BCUT2D eigenvalue weighted by Gasteiger charge is -2.49. The van der Waals surface area contributed by atoms with Crippen LogP contribution in [0.15, 0.2) is 63.3 Å². The average molecular weight is 633 g/mol. The van der Waals surface area contributed by atoms with Crippen molar-refractivity contribution in [2.45, 2.75) is 18.3 Å². The van der Waals surface area contributed by atoms with Gasteiger partial charge < -0.3 is 31.6 Å². The highest BCUT2D eigenvalue weighted by Gasteiger charge is 2.54. The van der Waals surface area contributed by atoms with E-state index in [1.54, 1.807) is 40.7 Å². The number of hydrogen-bond donors (Lipinski definition) is 5. The maximum absolute atomic E-state index is 13.1. The number of carboxylic acid groups (broad SMARTS) is 1. The third-order valence-electron chi connectivity index (χ3n) is 5.98. The Hall–Kier alpha value is -4.49. The monoisotopic (exact) mass is 632 g/mol. The van der Waals surface area contributed by atoms with Crippen molar-refractivity contribution in [3.05, 3.63) is 64.0 Å². The highest BCUT2D eigenvalue weighted by atomic mass is 32.2. The standard InChI is InChI=1S/C23H24N10O6S3/c1-2-39-29-15(18-27-23(25)42-30-18)19(35)26-16-20(36)33-17(22(37)38)11(10-41-21(16)33)5-8-40-13-3-4-14-31(9-12(24)34)6-7-32(14)28-13/h3-8,16,21,28H,2,9-10H2,1H3,(H2,24,34)(H,26,35)(H,37,38)(H2,25,27,30)/b8-5+,29-15-/t16-,21+/m1/s1. The number of aromatic nitrogens is 2. The number of allylic oxidation sites excluding steroid dienone is 3. The smallest absolute Gasteiger partial charge is 0.352 e. The number of carbonyl (C=O) groups is 4. The van der Waals surface area contributed by atoms with Gasteiger partial charge >= 0.3 is 5.97 Å². The summed E-state index contributed by atoms with van der Waals surface area (Å²) in [7, 11) is 0. The van der Waals surface area contributed by atoms with Crippen molar-refractivity contribution < 1.29 is 29.1 Å². The summed E-state index contributed by atoms with van der Waals surface area (Å²) >= 11 is 3.50. The van der Waals surface area contributed by atoms with Gasteiger partial charge in [0.05, 0.1) is 5.03 Å². The second-order valence-electron chi connectivity index (χ2n) is 8.70. The Kier molecular flexibility index (Phi) is 8.41. The number of primary amides is 1. The zero-order chi connectivity index (χ0) is 30.0. The van der Waals surface area contributed by atoms with Gasteiger partial charge in [-0.1, -0.05) is 16.9 Å². The molecule has 0 unspecified atom stereocenters. The number of carbonyl (C=O) groups excluding carboxylic acids is 3. The van der Waals surface area contributed by atoms with Crippen LogP contribution >= 0.6 is 35.1 Å². The van der Waals surface area contributed by atoms with Gasteiger partial charge in [-0.25, -0.2) is 9.80 Å². The molecule has 0 bridgehead atoms. The Morgan fingerprint density at radius 1 is 1.36 bits per heavy atom. The molecule has 4 aliphatic heterocycles. The fraction of sp³-hybridized carbons (Fsp3) is 0.261. The predicted octanol–water partition coefficient (Wildman–Crippen LogP) is -0.378. The molecule has 1 fully saturated rings. The number of anilines is 1. The number of hydrogen-bond acceptors (Lipinski definition) is 15. The summed E-state index contributed by atoms with van der Waals surface area (Å²) in [5.41, 5.74) is 14.1. The van der Waals surface area contributed by atoms with E-state index in [0.717, 1.165) is 22.4 Å². The Morgan fingerprint density at radius 2 is 2.17 bits per heavy atom. The van der Waals surface area contributed by atoms with Crippen LogP contribution in [0.5, 0.6) is 0 Å². The lowest BCUT2D eigenvalue weighted by atomic mass is 10.0. The molecule has 2 atom stereocenters. The van der Waals surface area contributed by atoms with Crippen LogP contribution in [0.1, 0.15) is 12.7 Å². The number of nitrogens with one attached hydrogen (secondary N) is 2. The van der Waals surface area contributed by atoms with Crippen LogP contribution < -0.4 is 22.2 Å². The van der Waals surface area contributed by atoms with E-state index in [9.17, 15) is 24.3 Å². The molecule has 4 aliphatic rings. The van der Waals surface area contributed by atoms with Crippen molar-refractivity contribution in [2.24, 2.45) is 10.9 Å². The van der Waals surface area contributed by atoms with E-state index in [2.05, 4.69) is 25.3 Å². The van der Waals surface area contributed by atoms with Gasteiger partial charge in [-0.15, -0.1) is 11.8 Å². The Labute approximate surface area is 251 Å². The molecule has 0 saturated carbocycles. The molecule has 42 heavy (non-hydrogen) atoms. The van der Waals surface area contributed by atoms with E-state index >= 15 is 0 Å². The van der Waals surface area contributed by atoms with Crippen LogP contribution in [-0.2, 0) is 24.0 Å². The molecule has 19 heteroatoms. The molecule has 220 valence electrons. The number of aliphatic carboxylic acids is 1. The quantitative estimate of drug-likeness (QED) is 0.119. The molecule has 16 nitrogen and oxygen atoms in total. The van der Waals surface area contributed by atoms with E-state index in [1.807, 2.05) is 12.2 Å². The molecule has 0 radical (unpaired) electrons. The van der Waals surface area contributed by atoms with Gasteiger partial charge in [-0.2, -0.15) is 9.36 Å². The maximum atomic E-state index is 13.1. The minimum absolute atomic E-state index is 0.0431. The molecule has 5 heterocycles. The Bertz CT molecular complexity index is 1520. The first-order valence-electron chi connectivity index (χ1n) is 12.2. The van der Waals surface area contributed by atoms with Crippen molar-refractivity contribution in [3.8, 4) is 0 Å². The van der Waals surface area contributed by atoms with E-state index in [0.29, 0.717) is 5.57 Å². The summed E-state index contributed by atoms with van der Waals surface area (Å²) in [4.78, 5) is 61.3. The first kappa shape index (κ1) is 29.0. The van der Waals surface area contributed by atoms with E-state index in [-0.39, 0.29) is 41.3 Å². The van der Waals surface area contributed by atoms with Crippen LogP contribution in [0.3, 0.4) is 0 Å². The van der Waals surface area contributed by atoms with Crippen molar-refractivity contribution in [1.29, 1.82) is 0 Å². The minimum Gasteiger partial charge on any atom is -0.477 e. The zero-order valence-electron chi connectivity index (χ0n) is 21.8. The third kappa shape index (κ3) is 5.78. The lowest BCUT2D eigenvalue weighted by molar-refractivity contribution is -0.150. The number of β-lactam (4-membered cyclic amide) rings is 1. The van der Waals surface area contributed by atoms with Crippen LogP contribution in [0.2, 0.25) is 0 Å². The molecular weight excluding hydrogens is 609 g/mol. The minimum atomic E-state index is -1.26. The first-order valence-corrected chi connectivity index (χ1v) is 14.9. The summed E-state index contributed by atoms with van der Waals surface area (Å²) in [5.74, 6) is -2.07. The maximum Gasteiger partial charge on any atom is 0.352 e. The number of hydrazine groups is 1. The molecule has 1 saturated heterocycles. The van der Waals surface area contributed by atoms with Crippen LogP contribution in [0, 0.1) is 0 Å². The summed E-state index contributed by atoms with van der Waals surface area (Å²) < 4.78 is 3.98. The van der Waals surface area contributed by atoms with Gasteiger partial charge in [-0.05, 0) is 36.1 Å². The Balaban J connectivity index is 1.25. The molecule has 1 aromatic rings. The van der Waals surface area contributed by atoms with Crippen LogP contribution in [0.25, 0.3) is 0 Å². The molecule has 0 aliphatic carbocycles. The second kappa shape index (κ2) is 12.2. The normalized spacial score (nSPS) is 21.4. The summed E-state index contributed by atoms with van der Waals surface area (Å²) in [6.07, 6.45) is 8.73. The molecule has 0 spiro atoms. The fourth-order valence-electron chi connectivity index (χ4n) is 4.20. The average Bonchev–Trinajstić information content (AvgIpc) is 3.56. The van der Waals surface area contributed by atoms with Gasteiger partial charge in [0.15, 0.2) is 5.13 Å². The van der Waals surface area contributed by atoms with Gasteiger partial charge in [0.2, 0.25) is 17.4 Å². The summed E-state index contributed by atoms with van der Waals surface area (Å²) in [5, 5.41) is 20.0. The highest BCUT2D eigenvalue weighted by molar-refractivity contribution is 8.05. The van der Waals surface area contributed by atoms with E-state index < -0.39 is 35.1 Å². The lowest BCUT2D eigenvalue weighted by Crippen LogP contribution is -2.71. The fourth-order valence-corrected chi connectivity index (χ4v) is 6.63. The highest BCUT2D eigenvalue weighted by Crippen LogP contribution is 2.41. The molecule has 5 rings (SSSR count). The molecule has 0 aromatic carbocycles. The number of amides is 3. The second-order valence-corrected chi connectivity index (χ2v) is 11.5. The van der Waals surface area contributed by atoms with Crippen LogP contribution in [0.4, 0.5) is 5.13 Å². The summed E-state index contributed by atoms with van der Waals surface area (Å²) in [6.45, 7) is 1.91. The number of thioether (sulfide) groups is 2.